The molecule has 1 rings (SSSR count). The topological polar surface area (TPSA) is 62.0 Å². The van der Waals surface area contributed by atoms with E-state index in [2.05, 4.69) is 17.2 Å². The van der Waals surface area contributed by atoms with E-state index in [9.17, 15) is 9.59 Å². The Morgan fingerprint density at radius 2 is 2.18 bits per heavy atom. The smallest absolute Gasteiger partial charge is 0.253 e. The van der Waals surface area contributed by atoms with E-state index in [1.54, 1.807) is 13.0 Å². The third-order valence-electron chi connectivity index (χ3n) is 2.69. The molecule has 0 saturated carbocycles. The summed E-state index contributed by atoms with van der Waals surface area (Å²) in [5.74, 6) is -0.132. The molecule has 1 amide bonds. The van der Waals surface area contributed by atoms with Crippen LogP contribution in [0.1, 0.15) is 50.9 Å². The van der Waals surface area contributed by atoms with Gasteiger partial charge >= 0.3 is 0 Å². The molecule has 0 bridgehead atoms. The van der Waals surface area contributed by atoms with Gasteiger partial charge in [-0.05, 0) is 31.9 Å². The van der Waals surface area contributed by atoms with E-state index in [0.29, 0.717) is 5.56 Å². The number of unbranched alkanes of at least 4 members (excludes halogenated alkanes) is 1. The van der Waals surface area contributed by atoms with Gasteiger partial charge in [0.15, 0.2) is 0 Å². The van der Waals surface area contributed by atoms with Crippen molar-refractivity contribution < 1.29 is 4.79 Å². The monoisotopic (exact) mass is 236 g/mol. The second kappa shape index (κ2) is 6.23. The molecular weight excluding hydrogens is 216 g/mol. The summed E-state index contributed by atoms with van der Waals surface area (Å²) in [6, 6.07) is 3.46. The largest absolute Gasteiger partial charge is 0.350 e. The van der Waals surface area contributed by atoms with Crippen molar-refractivity contribution in [1.82, 2.24) is 10.3 Å². The van der Waals surface area contributed by atoms with Gasteiger partial charge in [0.25, 0.3) is 5.56 Å². The van der Waals surface area contributed by atoms with Crippen LogP contribution in [-0.4, -0.2) is 10.9 Å². The van der Waals surface area contributed by atoms with Crippen LogP contribution in [0, 0.1) is 0 Å². The number of H-pyrrole nitrogens is 1. The number of hydrogen-bond donors (Lipinski definition) is 2. The molecule has 1 aromatic rings. The molecule has 1 atom stereocenters. The second-order valence-electron chi connectivity index (χ2n) is 4.29. The quantitative estimate of drug-likeness (QED) is 0.820. The molecule has 0 aliphatic rings. The Hall–Kier alpha value is -1.58. The number of hydrogen-bond acceptors (Lipinski definition) is 2. The van der Waals surface area contributed by atoms with Crippen molar-refractivity contribution in [3.05, 3.63) is 33.7 Å². The highest BCUT2D eigenvalue weighted by atomic mass is 16.1. The van der Waals surface area contributed by atoms with Crippen molar-refractivity contribution in [2.24, 2.45) is 0 Å². The molecule has 1 heterocycles. The minimum absolute atomic E-state index is 0.111. The number of aromatic nitrogens is 1. The molecule has 17 heavy (non-hydrogen) atoms. The highest BCUT2D eigenvalue weighted by Crippen LogP contribution is 2.08. The average Bonchev–Trinajstić information content (AvgIpc) is 2.25. The molecule has 1 unspecified atom stereocenters. The molecule has 4 heteroatoms. The van der Waals surface area contributed by atoms with Crippen molar-refractivity contribution in [1.29, 1.82) is 0 Å². The van der Waals surface area contributed by atoms with E-state index < -0.39 is 0 Å². The summed E-state index contributed by atoms with van der Waals surface area (Å²) in [6.45, 7) is 5.36. The fraction of sp³-hybridized carbons (Fsp3) is 0.538. The zero-order valence-electron chi connectivity index (χ0n) is 10.7. The lowest BCUT2D eigenvalue weighted by atomic mass is 10.1. The van der Waals surface area contributed by atoms with Gasteiger partial charge in [0.05, 0.1) is 6.04 Å². The van der Waals surface area contributed by atoms with E-state index >= 15 is 0 Å². The Morgan fingerprint density at radius 1 is 1.47 bits per heavy atom. The minimum atomic E-state index is -0.253. The zero-order valence-corrected chi connectivity index (χ0v) is 10.7. The van der Waals surface area contributed by atoms with Crippen LogP contribution in [-0.2, 0) is 11.2 Å². The lowest BCUT2D eigenvalue weighted by Gasteiger charge is -2.12. The van der Waals surface area contributed by atoms with E-state index in [1.165, 1.54) is 6.92 Å². The molecule has 94 valence electrons. The summed E-state index contributed by atoms with van der Waals surface area (Å²) < 4.78 is 0. The molecule has 1 aromatic heterocycles. The molecular formula is C13H20N2O2. The molecule has 0 aliphatic heterocycles. The number of carbonyl (C=O) groups is 1. The zero-order chi connectivity index (χ0) is 12.8. The van der Waals surface area contributed by atoms with E-state index in [0.717, 1.165) is 25.0 Å². The van der Waals surface area contributed by atoms with Crippen LogP contribution < -0.4 is 10.9 Å². The summed E-state index contributed by atoms with van der Waals surface area (Å²) in [5, 5.41) is 2.70. The maximum Gasteiger partial charge on any atom is 0.253 e. The first-order chi connectivity index (χ1) is 8.04. The Balaban J connectivity index is 2.82. The van der Waals surface area contributed by atoms with Crippen LogP contribution in [0.3, 0.4) is 0 Å². The maximum absolute atomic E-state index is 11.8. The van der Waals surface area contributed by atoms with Crippen molar-refractivity contribution in [2.75, 3.05) is 0 Å². The van der Waals surface area contributed by atoms with Crippen LogP contribution in [0.2, 0.25) is 0 Å². The summed E-state index contributed by atoms with van der Waals surface area (Å²) in [6.07, 6.45) is 3.06. The number of carbonyl (C=O) groups excluding carboxylic acids is 1. The van der Waals surface area contributed by atoms with Gasteiger partial charge in [-0.3, -0.25) is 9.59 Å². The van der Waals surface area contributed by atoms with Gasteiger partial charge in [-0.15, -0.1) is 0 Å². The normalized spacial score (nSPS) is 12.2. The van der Waals surface area contributed by atoms with Gasteiger partial charge in [-0.25, -0.2) is 0 Å². The van der Waals surface area contributed by atoms with E-state index in [1.807, 2.05) is 6.07 Å². The highest BCUT2D eigenvalue weighted by Gasteiger charge is 2.10. The van der Waals surface area contributed by atoms with Crippen molar-refractivity contribution in [3.63, 3.8) is 0 Å². The van der Waals surface area contributed by atoms with E-state index in [4.69, 9.17) is 0 Å². The number of aryl methyl sites for hydroxylation is 1. The van der Waals surface area contributed by atoms with Gasteiger partial charge in [0.1, 0.15) is 0 Å². The number of pyridine rings is 1. The van der Waals surface area contributed by atoms with Crippen LogP contribution in [0.15, 0.2) is 16.9 Å². The number of amides is 1. The molecule has 0 aliphatic carbocycles. The third kappa shape index (κ3) is 4.06. The van der Waals surface area contributed by atoms with E-state index in [-0.39, 0.29) is 17.5 Å². The van der Waals surface area contributed by atoms with Crippen molar-refractivity contribution in [3.8, 4) is 0 Å². The Morgan fingerprint density at radius 3 is 2.71 bits per heavy atom. The summed E-state index contributed by atoms with van der Waals surface area (Å²) in [7, 11) is 0. The SMILES string of the molecule is CCCCc1ccc(C(C)NC(C)=O)c(=O)[nH]1. The van der Waals surface area contributed by atoms with Crippen LogP contribution in [0.5, 0.6) is 0 Å². The predicted molar refractivity (Wildman–Crippen MR) is 67.9 cm³/mol. The number of nitrogens with one attached hydrogen (secondary N) is 2. The third-order valence-corrected chi connectivity index (χ3v) is 2.69. The Kier molecular flexibility index (Phi) is 4.94. The summed E-state index contributed by atoms with van der Waals surface area (Å²) >= 11 is 0. The van der Waals surface area contributed by atoms with Crippen LogP contribution >= 0.6 is 0 Å². The fourth-order valence-corrected chi connectivity index (χ4v) is 1.76. The summed E-state index contributed by atoms with van der Waals surface area (Å²) in [4.78, 5) is 25.6. The average molecular weight is 236 g/mol. The number of aromatic amines is 1. The minimum Gasteiger partial charge on any atom is -0.350 e. The molecule has 0 saturated heterocycles. The van der Waals surface area contributed by atoms with Gasteiger partial charge in [0, 0.05) is 18.2 Å². The van der Waals surface area contributed by atoms with Gasteiger partial charge in [-0.2, -0.15) is 0 Å². The maximum atomic E-state index is 11.8. The Bertz CT molecular complexity index is 437. The first-order valence-electron chi connectivity index (χ1n) is 6.03. The molecule has 0 radical (unpaired) electrons. The van der Waals surface area contributed by atoms with Crippen molar-refractivity contribution in [2.45, 2.75) is 46.1 Å². The first kappa shape index (κ1) is 13.5. The van der Waals surface area contributed by atoms with Gasteiger partial charge < -0.3 is 10.3 Å². The second-order valence-corrected chi connectivity index (χ2v) is 4.29. The Labute approximate surface area is 101 Å². The fourth-order valence-electron chi connectivity index (χ4n) is 1.76. The van der Waals surface area contributed by atoms with Crippen LogP contribution in [0.4, 0.5) is 0 Å². The molecule has 4 nitrogen and oxygen atoms in total. The lowest BCUT2D eigenvalue weighted by molar-refractivity contribution is -0.119. The standard InChI is InChI=1S/C13H20N2O2/c1-4-5-6-11-7-8-12(13(17)15-11)9(2)14-10(3)16/h7-9H,4-6H2,1-3H3,(H,14,16)(H,15,17). The molecule has 0 aromatic carbocycles. The van der Waals surface area contributed by atoms with Crippen LogP contribution in [0.25, 0.3) is 0 Å². The summed E-state index contributed by atoms with van der Waals surface area (Å²) in [5.41, 5.74) is 1.44. The molecule has 0 spiro atoms. The van der Waals surface area contributed by atoms with Crippen molar-refractivity contribution >= 4 is 5.91 Å². The van der Waals surface area contributed by atoms with Gasteiger partial charge in [-0.1, -0.05) is 13.3 Å². The number of rotatable bonds is 5. The predicted octanol–water partition coefficient (Wildman–Crippen LogP) is 1.91. The first-order valence-corrected chi connectivity index (χ1v) is 6.03. The molecule has 2 N–H and O–H groups in total. The lowest BCUT2D eigenvalue weighted by Crippen LogP contribution is -2.28. The molecule has 0 fully saturated rings. The van der Waals surface area contributed by atoms with Gasteiger partial charge in [0.2, 0.25) is 5.91 Å². The highest BCUT2D eigenvalue weighted by molar-refractivity contribution is 5.73.